The number of hydrogen-bond acceptors (Lipinski definition) is 4. The molecule has 0 saturated heterocycles. The topological polar surface area (TPSA) is 31.4 Å². The molecule has 0 aliphatic heterocycles. The average molecular weight is 270 g/mol. The highest BCUT2D eigenvalue weighted by Crippen LogP contribution is 2.41. The van der Waals surface area contributed by atoms with Crippen molar-refractivity contribution in [3.63, 3.8) is 0 Å². The van der Waals surface area contributed by atoms with Crippen molar-refractivity contribution in [3.05, 3.63) is 27.5 Å². The van der Waals surface area contributed by atoms with Crippen LogP contribution in [0.3, 0.4) is 0 Å². The van der Waals surface area contributed by atoms with E-state index < -0.39 is 0 Å². The van der Waals surface area contributed by atoms with E-state index in [1.807, 2.05) is 25.1 Å². The van der Waals surface area contributed by atoms with Crippen molar-refractivity contribution in [2.75, 3.05) is 14.2 Å². The van der Waals surface area contributed by atoms with E-state index in [-0.39, 0.29) is 0 Å². The molecule has 0 unspecified atom stereocenters. The van der Waals surface area contributed by atoms with E-state index in [4.69, 9.17) is 21.1 Å². The van der Waals surface area contributed by atoms with Gasteiger partial charge in [-0.3, -0.25) is 0 Å². The molecule has 2 aromatic rings. The Labute approximate surface area is 109 Å². The molecule has 0 spiro atoms. The van der Waals surface area contributed by atoms with Crippen molar-refractivity contribution >= 4 is 22.9 Å². The number of halogens is 1. The van der Waals surface area contributed by atoms with E-state index in [1.54, 1.807) is 14.2 Å². The van der Waals surface area contributed by atoms with Crippen molar-refractivity contribution in [1.82, 2.24) is 4.98 Å². The SMILES string of the molecule is COc1cccc(OC)c1-c1nc(Cl)sc1C. The van der Waals surface area contributed by atoms with Crippen LogP contribution in [-0.4, -0.2) is 19.2 Å². The molecule has 3 nitrogen and oxygen atoms in total. The smallest absolute Gasteiger partial charge is 0.184 e. The third-order valence-electron chi connectivity index (χ3n) is 2.44. The quantitative estimate of drug-likeness (QED) is 0.850. The summed E-state index contributed by atoms with van der Waals surface area (Å²) in [6, 6.07) is 5.64. The lowest BCUT2D eigenvalue weighted by Gasteiger charge is -2.11. The average Bonchev–Trinajstić information content (AvgIpc) is 2.67. The maximum absolute atomic E-state index is 5.93. The van der Waals surface area contributed by atoms with Gasteiger partial charge >= 0.3 is 0 Å². The van der Waals surface area contributed by atoms with Gasteiger partial charge in [-0.25, -0.2) is 4.98 Å². The monoisotopic (exact) mass is 269 g/mol. The van der Waals surface area contributed by atoms with E-state index in [9.17, 15) is 0 Å². The Balaban J connectivity index is 2.68. The summed E-state index contributed by atoms with van der Waals surface area (Å²) in [5, 5.41) is 0. The van der Waals surface area contributed by atoms with Crippen molar-refractivity contribution in [2.24, 2.45) is 0 Å². The van der Waals surface area contributed by atoms with Gasteiger partial charge in [-0.15, -0.1) is 11.3 Å². The number of thiazole rings is 1. The van der Waals surface area contributed by atoms with Crippen LogP contribution in [0, 0.1) is 6.92 Å². The number of methoxy groups -OCH3 is 2. The van der Waals surface area contributed by atoms with Crippen molar-refractivity contribution in [2.45, 2.75) is 6.92 Å². The van der Waals surface area contributed by atoms with Crippen LogP contribution in [0.15, 0.2) is 18.2 Å². The molecule has 2 rings (SSSR count). The highest BCUT2D eigenvalue weighted by atomic mass is 35.5. The summed E-state index contributed by atoms with van der Waals surface area (Å²) in [5.74, 6) is 1.46. The Morgan fingerprint density at radius 2 is 1.76 bits per heavy atom. The van der Waals surface area contributed by atoms with E-state index in [1.165, 1.54) is 11.3 Å². The Hall–Kier alpha value is -1.26. The molecule has 17 heavy (non-hydrogen) atoms. The molecule has 1 aromatic carbocycles. The molecule has 0 aliphatic carbocycles. The van der Waals surface area contributed by atoms with Crippen LogP contribution in [0.1, 0.15) is 4.88 Å². The fraction of sp³-hybridized carbons (Fsp3) is 0.250. The highest BCUT2D eigenvalue weighted by Gasteiger charge is 2.17. The summed E-state index contributed by atoms with van der Waals surface area (Å²) in [6.45, 7) is 1.98. The number of hydrogen-bond donors (Lipinski definition) is 0. The summed E-state index contributed by atoms with van der Waals surface area (Å²) >= 11 is 7.38. The second kappa shape index (κ2) is 4.94. The molecule has 0 saturated carbocycles. The number of ether oxygens (including phenoxy) is 2. The summed E-state index contributed by atoms with van der Waals surface area (Å²) in [5.41, 5.74) is 1.66. The largest absolute Gasteiger partial charge is 0.496 e. The Morgan fingerprint density at radius 1 is 1.18 bits per heavy atom. The molecular formula is C12H12ClNO2S. The number of benzene rings is 1. The van der Waals surface area contributed by atoms with Gasteiger partial charge in [0.25, 0.3) is 0 Å². The van der Waals surface area contributed by atoms with E-state index in [0.29, 0.717) is 4.47 Å². The summed E-state index contributed by atoms with van der Waals surface area (Å²) in [4.78, 5) is 5.36. The van der Waals surface area contributed by atoms with E-state index in [0.717, 1.165) is 27.6 Å². The summed E-state index contributed by atoms with van der Waals surface area (Å²) in [6.07, 6.45) is 0. The molecule has 0 N–H and O–H groups in total. The molecule has 0 bridgehead atoms. The van der Waals surface area contributed by atoms with Crippen molar-refractivity contribution in [3.8, 4) is 22.8 Å². The first kappa shape index (κ1) is 12.2. The van der Waals surface area contributed by atoms with Gasteiger partial charge in [-0.1, -0.05) is 17.7 Å². The fourth-order valence-corrected chi connectivity index (χ4v) is 2.75. The standard InChI is InChI=1S/C12H12ClNO2S/c1-7-11(14-12(13)17-7)10-8(15-2)5-4-6-9(10)16-3/h4-6H,1-3H3. The zero-order valence-electron chi connectivity index (χ0n) is 9.78. The Morgan fingerprint density at radius 3 is 2.18 bits per heavy atom. The second-order valence-electron chi connectivity index (χ2n) is 3.41. The number of aryl methyl sites for hydroxylation is 1. The van der Waals surface area contributed by atoms with Crippen LogP contribution in [0.5, 0.6) is 11.5 Å². The first-order valence-electron chi connectivity index (χ1n) is 5.01. The lowest BCUT2D eigenvalue weighted by molar-refractivity contribution is 0.397. The van der Waals surface area contributed by atoms with Gasteiger partial charge in [0.1, 0.15) is 11.5 Å². The lowest BCUT2D eigenvalue weighted by Crippen LogP contribution is -1.93. The zero-order chi connectivity index (χ0) is 12.4. The van der Waals surface area contributed by atoms with E-state index in [2.05, 4.69) is 4.98 Å². The summed E-state index contributed by atoms with van der Waals surface area (Å²) < 4.78 is 11.2. The van der Waals surface area contributed by atoms with E-state index >= 15 is 0 Å². The maximum Gasteiger partial charge on any atom is 0.184 e. The van der Waals surface area contributed by atoms with Gasteiger partial charge in [0.15, 0.2) is 4.47 Å². The van der Waals surface area contributed by atoms with Crippen LogP contribution >= 0.6 is 22.9 Å². The van der Waals surface area contributed by atoms with Crippen LogP contribution < -0.4 is 9.47 Å². The lowest BCUT2D eigenvalue weighted by atomic mass is 10.1. The van der Waals surface area contributed by atoms with Gasteiger partial charge in [0, 0.05) is 4.88 Å². The minimum atomic E-state index is 0.519. The maximum atomic E-state index is 5.93. The first-order chi connectivity index (χ1) is 8.17. The van der Waals surface area contributed by atoms with Crippen LogP contribution in [0.25, 0.3) is 11.3 Å². The Kier molecular flexibility index (Phi) is 3.54. The van der Waals surface area contributed by atoms with Crippen molar-refractivity contribution < 1.29 is 9.47 Å². The molecule has 0 aliphatic rings. The zero-order valence-corrected chi connectivity index (χ0v) is 11.4. The highest BCUT2D eigenvalue weighted by molar-refractivity contribution is 7.16. The van der Waals surface area contributed by atoms with Gasteiger partial charge in [-0.05, 0) is 19.1 Å². The van der Waals surface area contributed by atoms with Gasteiger partial charge in [0.2, 0.25) is 0 Å². The third kappa shape index (κ3) is 2.23. The minimum absolute atomic E-state index is 0.519. The molecule has 0 amide bonds. The molecule has 0 atom stereocenters. The third-order valence-corrected chi connectivity index (χ3v) is 3.51. The van der Waals surface area contributed by atoms with Crippen LogP contribution in [0.4, 0.5) is 0 Å². The predicted molar refractivity (Wildman–Crippen MR) is 70.4 cm³/mol. The summed E-state index contributed by atoms with van der Waals surface area (Å²) in [7, 11) is 3.25. The fourth-order valence-electron chi connectivity index (χ4n) is 1.68. The number of rotatable bonds is 3. The van der Waals surface area contributed by atoms with Crippen molar-refractivity contribution in [1.29, 1.82) is 0 Å². The molecule has 1 aromatic heterocycles. The molecular weight excluding hydrogens is 258 g/mol. The molecule has 0 radical (unpaired) electrons. The molecule has 0 fully saturated rings. The first-order valence-corrected chi connectivity index (χ1v) is 6.21. The second-order valence-corrected chi connectivity index (χ2v) is 5.19. The number of aromatic nitrogens is 1. The van der Waals surface area contributed by atoms with Gasteiger partial charge < -0.3 is 9.47 Å². The number of nitrogens with zero attached hydrogens (tertiary/aromatic N) is 1. The molecule has 5 heteroatoms. The van der Waals surface area contributed by atoms with Crippen LogP contribution in [0.2, 0.25) is 4.47 Å². The molecule has 90 valence electrons. The van der Waals surface area contributed by atoms with Gasteiger partial charge in [-0.2, -0.15) is 0 Å². The predicted octanol–water partition coefficient (Wildman–Crippen LogP) is 3.79. The van der Waals surface area contributed by atoms with Crippen LogP contribution in [-0.2, 0) is 0 Å². The Bertz CT molecular complexity index is 517. The normalized spacial score (nSPS) is 10.4. The molecule has 1 heterocycles. The van der Waals surface area contributed by atoms with Gasteiger partial charge in [0.05, 0.1) is 25.5 Å². The minimum Gasteiger partial charge on any atom is -0.496 e.